The van der Waals surface area contributed by atoms with E-state index < -0.39 is 12.1 Å². The lowest BCUT2D eigenvalue weighted by Gasteiger charge is -2.03. The quantitative estimate of drug-likeness (QED) is 0.451. The Hall–Kier alpha value is -3.71. The van der Waals surface area contributed by atoms with Crippen molar-refractivity contribution >= 4 is 29.2 Å². The van der Waals surface area contributed by atoms with E-state index >= 15 is 0 Å². The van der Waals surface area contributed by atoms with Gasteiger partial charge in [0.2, 0.25) is 0 Å². The van der Waals surface area contributed by atoms with Crippen LogP contribution < -0.4 is 15.8 Å². The van der Waals surface area contributed by atoms with Crippen LogP contribution in [-0.2, 0) is 9.59 Å². The zero-order valence-corrected chi connectivity index (χ0v) is 15.1. The topological polar surface area (TPSA) is 117 Å². The molecule has 5 N–H and O–H groups in total. The van der Waals surface area contributed by atoms with Gasteiger partial charge in [-0.15, -0.1) is 0 Å². The van der Waals surface area contributed by atoms with E-state index in [1.807, 2.05) is 18.2 Å². The first-order chi connectivity index (χ1) is 13.7. The summed E-state index contributed by atoms with van der Waals surface area (Å²) < 4.78 is 37.0. The molecule has 2 heterocycles. The number of carbonyl (C=O) groups excluding carboxylic acids is 1. The first-order valence-electron chi connectivity index (χ1n) is 8.06. The highest BCUT2D eigenvalue weighted by molar-refractivity contribution is 6.35. The maximum absolute atomic E-state index is 12.3. The van der Waals surface area contributed by atoms with Gasteiger partial charge in [-0.3, -0.25) is 4.79 Å². The highest BCUT2D eigenvalue weighted by Crippen LogP contribution is 2.36. The Balaban J connectivity index is 0.000000370. The number of carboxylic acid groups (broad SMARTS) is 1. The predicted molar refractivity (Wildman–Crippen MR) is 99.9 cm³/mol. The van der Waals surface area contributed by atoms with Crippen LogP contribution in [0.5, 0.6) is 5.75 Å². The number of carboxylic acids is 1. The zero-order chi connectivity index (χ0) is 21.6. The highest BCUT2D eigenvalue weighted by Gasteiger charge is 2.38. The number of hydrogen-bond acceptors (Lipinski definition) is 4. The van der Waals surface area contributed by atoms with Crippen molar-refractivity contribution < 1.29 is 32.6 Å². The standard InChI is InChI=1S/C17H15N3O2.C2HF3O2/c1-22-15-7-9-19-14(15)10-12-16-11(5-3-8-18)4-2-6-13(16)20-17(12)21;3-2(4,5)1(6)7/h2,4,6-7,9-10,19H,8,18H2,1H3,(H,20,21);(H,6,7)/b12-10-;. The van der Waals surface area contributed by atoms with Gasteiger partial charge in [0.1, 0.15) is 5.75 Å². The fourth-order valence-corrected chi connectivity index (χ4v) is 2.44. The van der Waals surface area contributed by atoms with E-state index in [1.165, 1.54) is 0 Å². The number of nitrogens with one attached hydrogen (secondary N) is 2. The van der Waals surface area contributed by atoms with Crippen LogP contribution in [0.4, 0.5) is 18.9 Å². The monoisotopic (exact) mass is 407 g/mol. The number of amides is 1. The van der Waals surface area contributed by atoms with Crippen molar-refractivity contribution in [3.63, 3.8) is 0 Å². The first kappa shape index (κ1) is 21.6. The molecule has 0 radical (unpaired) electrons. The summed E-state index contributed by atoms with van der Waals surface area (Å²) in [6.45, 7) is 0.272. The van der Waals surface area contributed by atoms with E-state index in [0.717, 1.165) is 22.5 Å². The second-order valence-electron chi connectivity index (χ2n) is 5.51. The van der Waals surface area contributed by atoms with E-state index in [1.54, 1.807) is 25.4 Å². The molecule has 0 spiro atoms. The number of rotatable bonds is 2. The van der Waals surface area contributed by atoms with Crippen molar-refractivity contribution in [2.24, 2.45) is 5.73 Å². The van der Waals surface area contributed by atoms with Gasteiger partial charge in [-0.2, -0.15) is 13.2 Å². The summed E-state index contributed by atoms with van der Waals surface area (Å²) in [6, 6.07) is 7.40. The van der Waals surface area contributed by atoms with Gasteiger partial charge in [-0.1, -0.05) is 17.9 Å². The minimum Gasteiger partial charge on any atom is -0.495 e. The number of aromatic amines is 1. The number of H-pyrrole nitrogens is 1. The molecular weight excluding hydrogens is 391 g/mol. The molecule has 1 aliphatic heterocycles. The SMILES string of the molecule is COc1cc[nH]c1/C=C1\C(=O)Nc2cccc(C#CCN)c21.O=C(O)C(F)(F)F. The molecular formula is C19H16F3N3O4. The maximum atomic E-state index is 12.3. The molecule has 1 aromatic heterocycles. The lowest BCUT2D eigenvalue weighted by molar-refractivity contribution is -0.192. The first-order valence-corrected chi connectivity index (χ1v) is 8.06. The second kappa shape index (κ2) is 8.99. The van der Waals surface area contributed by atoms with E-state index in [9.17, 15) is 18.0 Å². The van der Waals surface area contributed by atoms with Gasteiger partial charge in [0.15, 0.2) is 0 Å². The Morgan fingerprint density at radius 3 is 2.62 bits per heavy atom. The minimum absolute atomic E-state index is 0.159. The minimum atomic E-state index is -5.08. The van der Waals surface area contributed by atoms with Crippen molar-refractivity contribution in [1.29, 1.82) is 0 Å². The zero-order valence-electron chi connectivity index (χ0n) is 15.1. The molecule has 152 valence electrons. The molecule has 0 atom stereocenters. The van der Waals surface area contributed by atoms with Crippen molar-refractivity contribution in [3.05, 3.63) is 47.3 Å². The van der Waals surface area contributed by atoms with Crippen LogP contribution in [0, 0.1) is 11.8 Å². The fraction of sp³-hybridized carbons (Fsp3) is 0.158. The van der Waals surface area contributed by atoms with Crippen LogP contribution in [0.1, 0.15) is 16.8 Å². The largest absolute Gasteiger partial charge is 0.495 e. The number of carbonyl (C=O) groups is 2. The summed E-state index contributed by atoms with van der Waals surface area (Å²) in [5.74, 6) is 3.61. The van der Waals surface area contributed by atoms with Crippen LogP contribution in [0.2, 0.25) is 0 Å². The average molecular weight is 407 g/mol. The Kier molecular flexibility index (Phi) is 6.69. The third-order valence-corrected chi connectivity index (χ3v) is 3.64. The van der Waals surface area contributed by atoms with Crippen LogP contribution in [0.25, 0.3) is 11.6 Å². The Morgan fingerprint density at radius 2 is 2.03 bits per heavy atom. The molecule has 1 amide bonds. The number of halogens is 3. The molecule has 1 aliphatic rings. The van der Waals surface area contributed by atoms with Gasteiger partial charge >= 0.3 is 12.1 Å². The van der Waals surface area contributed by atoms with Crippen molar-refractivity contribution in [1.82, 2.24) is 4.98 Å². The number of alkyl halides is 3. The summed E-state index contributed by atoms with van der Waals surface area (Å²) in [4.78, 5) is 24.2. The van der Waals surface area contributed by atoms with Gasteiger partial charge < -0.3 is 25.9 Å². The third-order valence-electron chi connectivity index (χ3n) is 3.64. The molecule has 1 aromatic carbocycles. The summed E-state index contributed by atoms with van der Waals surface area (Å²) in [5, 5.41) is 9.98. The van der Waals surface area contributed by atoms with E-state index in [2.05, 4.69) is 22.1 Å². The molecule has 0 bridgehead atoms. The molecule has 7 nitrogen and oxygen atoms in total. The molecule has 0 saturated heterocycles. The molecule has 0 unspecified atom stereocenters. The van der Waals surface area contributed by atoms with Gasteiger partial charge in [-0.05, 0) is 24.3 Å². The number of fused-ring (bicyclic) bond motifs is 1. The molecule has 2 aromatic rings. The van der Waals surface area contributed by atoms with E-state index in [-0.39, 0.29) is 12.5 Å². The number of ether oxygens (including phenoxy) is 1. The lowest BCUT2D eigenvalue weighted by atomic mass is 9.99. The normalized spacial score (nSPS) is 13.6. The van der Waals surface area contributed by atoms with Crippen molar-refractivity contribution in [3.8, 4) is 17.6 Å². The summed E-state index contributed by atoms with van der Waals surface area (Å²) >= 11 is 0. The molecule has 0 aliphatic carbocycles. The van der Waals surface area contributed by atoms with E-state index in [4.69, 9.17) is 20.4 Å². The molecule has 29 heavy (non-hydrogen) atoms. The van der Waals surface area contributed by atoms with Crippen LogP contribution in [0.3, 0.4) is 0 Å². The number of hydrogen-bond donors (Lipinski definition) is 4. The summed E-state index contributed by atoms with van der Waals surface area (Å²) in [5.41, 5.74) is 9.06. The lowest BCUT2D eigenvalue weighted by Crippen LogP contribution is -2.21. The molecule has 0 saturated carbocycles. The second-order valence-corrected chi connectivity index (χ2v) is 5.51. The number of methoxy groups -OCH3 is 1. The van der Waals surface area contributed by atoms with Crippen molar-refractivity contribution in [2.45, 2.75) is 6.18 Å². The summed E-state index contributed by atoms with van der Waals surface area (Å²) in [6.07, 6.45) is -1.55. The molecule has 3 rings (SSSR count). The Morgan fingerprint density at radius 1 is 1.34 bits per heavy atom. The highest BCUT2D eigenvalue weighted by atomic mass is 19.4. The Bertz CT molecular complexity index is 1010. The number of aromatic nitrogens is 1. The van der Waals surface area contributed by atoms with Crippen LogP contribution in [-0.4, -0.2) is 41.8 Å². The van der Waals surface area contributed by atoms with Crippen LogP contribution in [0.15, 0.2) is 30.5 Å². The average Bonchev–Trinajstić information content (AvgIpc) is 3.24. The Labute approximate surface area is 163 Å². The fourth-order valence-electron chi connectivity index (χ4n) is 2.44. The number of aliphatic carboxylic acids is 1. The molecule has 0 fully saturated rings. The summed E-state index contributed by atoms with van der Waals surface area (Å²) in [7, 11) is 1.59. The predicted octanol–water partition coefficient (Wildman–Crippen LogP) is 2.46. The van der Waals surface area contributed by atoms with Gasteiger partial charge in [0.05, 0.1) is 30.6 Å². The molecule has 10 heteroatoms. The third kappa shape index (κ3) is 5.18. The number of nitrogens with two attached hydrogens (primary N) is 1. The van der Waals surface area contributed by atoms with Gasteiger partial charge in [0.25, 0.3) is 5.91 Å². The number of anilines is 1. The van der Waals surface area contributed by atoms with E-state index in [0.29, 0.717) is 11.3 Å². The smallest absolute Gasteiger partial charge is 0.490 e. The van der Waals surface area contributed by atoms with Gasteiger partial charge in [0, 0.05) is 17.3 Å². The maximum Gasteiger partial charge on any atom is 0.490 e. The van der Waals surface area contributed by atoms with Gasteiger partial charge in [-0.25, -0.2) is 4.79 Å². The van der Waals surface area contributed by atoms with Crippen LogP contribution >= 0.6 is 0 Å². The number of benzene rings is 1. The van der Waals surface area contributed by atoms with Crippen molar-refractivity contribution in [2.75, 3.05) is 19.0 Å².